The molecule has 1 saturated carbocycles. The highest BCUT2D eigenvalue weighted by Gasteiger charge is 2.20. The van der Waals surface area contributed by atoms with E-state index in [-0.39, 0.29) is 5.91 Å². The summed E-state index contributed by atoms with van der Waals surface area (Å²) in [6.45, 7) is 2.85. The first kappa shape index (κ1) is 23.9. The zero-order valence-corrected chi connectivity index (χ0v) is 20.6. The third-order valence-corrected chi connectivity index (χ3v) is 6.85. The molecule has 4 rings (SSSR count). The SMILES string of the molecule is Cc1ccccc1CC(=O)NCC1CCC(/C=C/Cc2nc(N(C)C)c3ccccc3n2)CC1. The van der Waals surface area contributed by atoms with Crippen molar-refractivity contribution < 1.29 is 4.79 Å². The summed E-state index contributed by atoms with van der Waals surface area (Å²) >= 11 is 0. The number of aryl methyl sites for hydroxylation is 1. The second kappa shape index (κ2) is 11.3. The standard InChI is InChI=1S/C29H36N4O/c1-21-9-4-5-11-24(21)19-28(34)30-20-23-17-15-22(16-18-23)10-8-14-27-31-26-13-7-6-12-25(26)29(32-27)33(2)3/h4-13,22-23H,14-20H2,1-3H3,(H,30,34)/b10-8+. The molecule has 1 amide bonds. The van der Waals surface area contributed by atoms with Crippen LogP contribution in [0.2, 0.25) is 0 Å². The molecule has 0 aliphatic heterocycles. The van der Waals surface area contributed by atoms with E-state index in [1.54, 1.807) is 0 Å². The third kappa shape index (κ3) is 6.22. The molecule has 5 nitrogen and oxygen atoms in total. The average molecular weight is 457 g/mol. The van der Waals surface area contributed by atoms with Gasteiger partial charge in [0.15, 0.2) is 0 Å². The van der Waals surface area contributed by atoms with E-state index in [0.29, 0.717) is 18.3 Å². The maximum atomic E-state index is 12.4. The normalized spacial score (nSPS) is 18.3. The van der Waals surface area contributed by atoms with Crippen molar-refractivity contribution in [1.29, 1.82) is 0 Å². The number of allylic oxidation sites excluding steroid dienone is 2. The van der Waals surface area contributed by atoms with Crippen molar-refractivity contribution in [1.82, 2.24) is 15.3 Å². The summed E-state index contributed by atoms with van der Waals surface area (Å²) in [6.07, 6.45) is 10.5. The molecule has 0 bridgehead atoms. The van der Waals surface area contributed by atoms with E-state index in [1.165, 1.54) is 18.4 Å². The van der Waals surface area contributed by atoms with Crippen molar-refractivity contribution in [3.63, 3.8) is 0 Å². The predicted molar refractivity (Wildman–Crippen MR) is 140 cm³/mol. The van der Waals surface area contributed by atoms with Crippen molar-refractivity contribution in [2.24, 2.45) is 11.8 Å². The zero-order valence-electron chi connectivity index (χ0n) is 20.6. The maximum Gasteiger partial charge on any atom is 0.224 e. The van der Waals surface area contributed by atoms with E-state index in [9.17, 15) is 4.79 Å². The average Bonchev–Trinajstić information content (AvgIpc) is 2.84. The van der Waals surface area contributed by atoms with Crippen LogP contribution in [0.4, 0.5) is 5.82 Å². The second-order valence-electron chi connectivity index (χ2n) is 9.70. The van der Waals surface area contributed by atoms with E-state index in [2.05, 4.69) is 47.5 Å². The van der Waals surface area contributed by atoms with Gasteiger partial charge in [0, 0.05) is 32.4 Å². The molecule has 1 aromatic heterocycles. The van der Waals surface area contributed by atoms with Gasteiger partial charge in [-0.2, -0.15) is 0 Å². The molecule has 0 unspecified atom stereocenters. The first-order valence-electron chi connectivity index (χ1n) is 12.4. The van der Waals surface area contributed by atoms with Gasteiger partial charge in [0.25, 0.3) is 0 Å². The highest BCUT2D eigenvalue weighted by molar-refractivity contribution is 5.89. The number of amides is 1. The van der Waals surface area contributed by atoms with Crippen LogP contribution in [0.5, 0.6) is 0 Å². The molecule has 1 aliphatic rings. The number of benzene rings is 2. The van der Waals surface area contributed by atoms with Crippen molar-refractivity contribution >= 4 is 22.6 Å². The Morgan fingerprint density at radius 2 is 1.76 bits per heavy atom. The van der Waals surface area contributed by atoms with E-state index in [1.807, 2.05) is 44.4 Å². The first-order chi connectivity index (χ1) is 16.5. The van der Waals surface area contributed by atoms with Gasteiger partial charge in [0.2, 0.25) is 5.91 Å². The predicted octanol–water partition coefficient (Wildman–Crippen LogP) is 5.27. The lowest BCUT2D eigenvalue weighted by molar-refractivity contribution is -0.120. The number of para-hydroxylation sites is 1. The van der Waals surface area contributed by atoms with Gasteiger partial charge in [-0.3, -0.25) is 4.79 Å². The Morgan fingerprint density at radius 1 is 1.03 bits per heavy atom. The number of carbonyl (C=O) groups is 1. The lowest BCUT2D eigenvalue weighted by atomic mass is 9.81. The Kier molecular flexibility index (Phi) is 7.94. The Bertz CT molecular complexity index is 1150. The largest absolute Gasteiger partial charge is 0.362 e. The summed E-state index contributed by atoms with van der Waals surface area (Å²) in [4.78, 5) is 24.0. The van der Waals surface area contributed by atoms with Crippen LogP contribution in [0.15, 0.2) is 60.7 Å². The first-order valence-corrected chi connectivity index (χ1v) is 12.4. The lowest BCUT2D eigenvalue weighted by Gasteiger charge is -2.27. The van der Waals surface area contributed by atoms with E-state index >= 15 is 0 Å². The number of nitrogens with zero attached hydrogens (tertiary/aromatic N) is 3. The number of carbonyl (C=O) groups excluding carboxylic acids is 1. The van der Waals surface area contributed by atoms with Crippen LogP contribution in [0.25, 0.3) is 10.9 Å². The van der Waals surface area contributed by atoms with Gasteiger partial charge in [0.05, 0.1) is 11.9 Å². The molecular formula is C29H36N4O. The lowest BCUT2D eigenvalue weighted by Crippen LogP contribution is -2.32. The molecule has 2 aromatic carbocycles. The third-order valence-electron chi connectivity index (χ3n) is 6.85. The highest BCUT2D eigenvalue weighted by atomic mass is 16.1. The summed E-state index contributed by atoms with van der Waals surface area (Å²) < 4.78 is 0. The molecule has 0 spiro atoms. The Labute approximate surface area is 203 Å². The van der Waals surface area contributed by atoms with Crippen LogP contribution in [-0.2, 0) is 17.6 Å². The molecule has 0 saturated heterocycles. The van der Waals surface area contributed by atoms with Crippen LogP contribution >= 0.6 is 0 Å². The monoisotopic (exact) mass is 456 g/mol. The Balaban J connectivity index is 1.23. The smallest absolute Gasteiger partial charge is 0.224 e. The molecule has 0 atom stereocenters. The summed E-state index contributed by atoms with van der Waals surface area (Å²) in [5, 5.41) is 4.25. The quantitative estimate of drug-likeness (QED) is 0.469. The van der Waals surface area contributed by atoms with Gasteiger partial charge in [-0.05, 0) is 67.7 Å². The molecule has 178 valence electrons. The van der Waals surface area contributed by atoms with Crippen LogP contribution in [0, 0.1) is 18.8 Å². The number of nitrogens with one attached hydrogen (secondary N) is 1. The number of fused-ring (bicyclic) bond motifs is 1. The summed E-state index contributed by atoms with van der Waals surface area (Å²) in [5.41, 5.74) is 3.29. The fraction of sp³-hybridized carbons (Fsp3) is 0.414. The minimum absolute atomic E-state index is 0.129. The van der Waals surface area contributed by atoms with Crippen molar-refractivity contribution in [3.8, 4) is 0 Å². The second-order valence-corrected chi connectivity index (χ2v) is 9.70. The van der Waals surface area contributed by atoms with Crippen LogP contribution in [-0.4, -0.2) is 36.5 Å². The number of aromatic nitrogens is 2. The van der Waals surface area contributed by atoms with Crippen molar-refractivity contribution in [3.05, 3.63) is 77.6 Å². The van der Waals surface area contributed by atoms with Gasteiger partial charge in [-0.1, -0.05) is 48.6 Å². The van der Waals surface area contributed by atoms with Crippen LogP contribution < -0.4 is 10.2 Å². The molecule has 1 heterocycles. The molecule has 1 N–H and O–H groups in total. The van der Waals surface area contributed by atoms with E-state index in [0.717, 1.165) is 53.9 Å². The molecule has 1 aliphatic carbocycles. The summed E-state index contributed by atoms with van der Waals surface area (Å²) in [7, 11) is 4.05. The topological polar surface area (TPSA) is 58.1 Å². The van der Waals surface area contributed by atoms with Gasteiger partial charge >= 0.3 is 0 Å². The van der Waals surface area contributed by atoms with E-state index in [4.69, 9.17) is 9.97 Å². The molecule has 34 heavy (non-hydrogen) atoms. The van der Waals surface area contributed by atoms with Gasteiger partial charge in [-0.15, -0.1) is 0 Å². The van der Waals surface area contributed by atoms with Crippen LogP contribution in [0.1, 0.15) is 42.6 Å². The Hall–Kier alpha value is -3.21. The molecule has 1 fully saturated rings. The fourth-order valence-corrected chi connectivity index (χ4v) is 4.79. The number of rotatable bonds is 8. The summed E-state index contributed by atoms with van der Waals surface area (Å²) in [6, 6.07) is 16.3. The fourth-order valence-electron chi connectivity index (χ4n) is 4.79. The molecule has 3 aromatic rings. The number of anilines is 1. The zero-order chi connectivity index (χ0) is 23.9. The summed E-state index contributed by atoms with van der Waals surface area (Å²) in [5.74, 6) is 3.15. The Morgan fingerprint density at radius 3 is 2.53 bits per heavy atom. The minimum atomic E-state index is 0.129. The molecular weight excluding hydrogens is 420 g/mol. The van der Waals surface area contributed by atoms with E-state index < -0.39 is 0 Å². The van der Waals surface area contributed by atoms with Gasteiger partial charge < -0.3 is 10.2 Å². The highest BCUT2D eigenvalue weighted by Crippen LogP contribution is 2.29. The van der Waals surface area contributed by atoms with Gasteiger partial charge in [-0.25, -0.2) is 9.97 Å². The van der Waals surface area contributed by atoms with Crippen molar-refractivity contribution in [2.45, 2.75) is 45.4 Å². The molecule has 0 radical (unpaired) electrons. The maximum absolute atomic E-state index is 12.4. The minimum Gasteiger partial charge on any atom is -0.362 e. The molecule has 5 heteroatoms. The van der Waals surface area contributed by atoms with Crippen molar-refractivity contribution in [2.75, 3.05) is 25.5 Å². The van der Waals surface area contributed by atoms with Crippen LogP contribution in [0.3, 0.4) is 0 Å². The number of hydrogen-bond acceptors (Lipinski definition) is 4. The number of hydrogen-bond donors (Lipinski definition) is 1. The van der Waals surface area contributed by atoms with Gasteiger partial charge in [0.1, 0.15) is 11.6 Å².